The molecule has 1 heterocycles. The average Bonchev–Trinajstić information content (AvgIpc) is 3.15. The highest BCUT2D eigenvalue weighted by Gasteiger charge is 2.09. The number of aryl methyl sites for hydroxylation is 1. The molecule has 6 heteroatoms. The van der Waals surface area contributed by atoms with Gasteiger partial charge < -0.3 is 15.0 Å². The van der Waals surface area contributed by atoms with Crippen molar-refractivity contribution in [3.63, 3.8) is 0 Å². The molecule has 3 aromatic rings. The number of hydrogen-bond donors (Lipinski definition) is 1. The number of hydrogen-bond acceptors (Lipinski definition) is 5. The van der Waals surface area contributed by atoms with Crippen molar-refractivity contribution in [3.8, 4) is 5.75 Å². The molecule has 0 unspecified atom stereocenters. The van der Waals surface area contributed by atoms with E-state index in [1.54, 1.807) is 0 Å². The molecule has 0 aliphatic heterocycles. The summed E-state index contributed by atoms with van der Waals surface area (Å²) in [5.41, 5.74) is 3.11. The summed E-state index contributed by atoms with van der Waals surface area (Å²) in [6.07, 6.45) is 0.288. The smallest absolute Gasteiger partial charge is 0.226 e. The highest BCUT2D eigenvalue weighted by Crippen LogP contribution is 2.16. The van der Waals surface area contributed by atoms with Crippen molar-refractivity contribution in [2.24, 2.45) is 0 Å². The van der Waals surface area contributed by atoms with Gasteiger partial charge in [-0.2, -0.15) is 0 Å². The lowest BCUT2D eigenvalue weighted by molar-refractivity contribution is -0.120. The molecule has 146 valence electrons. The van der Waals surface area contributed by atoms with Crippen LogP contribution in [-0.4, -0.2) is 31.0 Å². The SMILES string of the molecule is Cc1ccc(OCc2nc(CC(=O)NCCN(C)c3ccccc3)cs2)cc1. The summed E-state index contributed by atoms with van der Waals surface area (Å²) in [5, 5.41) is 5.74. The highest BCUT2D eigenvalue weighted by molar-refractivity contribution is 7.09. The van der Waals surface area contributed by atoms with E-state index < -0.39 is 0 Å². The van der Waals surface area contributed by atoms with Gasteiger partial charge in [-0.3, -0.25) is 4.79 Å². The number of likely N-dealkylation sites (N-methyl/N-ethyl adjacent to an activating group) is 1. The third-order valence-corrected chi connectivity index (χ3v) is 5.16. The zero-order valence-corrected chi connectivity index (χ0v) is 17.0. The monoisotopic (exact) mass is 395 g/mol. The highest BCUT2D eigenvalue weighted by atomic mass is 32.1. The zero-order chi connectivity index (χ0) is 19.8. The molecule has 2 aromatic carbocycles. The van der Waals surface area contributed by atoms with Crippen LogP contribution in [0.4, 0.5) is 5.69 Å². The number of anilines is 1. The molecule has 0 spiro atoms. The Morgan fingerprint density at radius 1 is 1.14 bits per heavy atom. The van der Waals surface area contributed by atoms with Crippen LogP contribution in [0.25, 0.3) is 0 Å². The Labute approximate surface area is 170 Å². The summed E-state index contributed by atoms with van der Waals surface area (Å²) in [6.45, 7) is 3.80. The van der Waals surface area contributed by atoms with Crippen molar-refractivity contribution in [2.45, 2.75) is 20.0 Å². The van der Waals surface area contributed by atoms with Crippen LogP contribution >= 0.6 is 11.3 Å². The summed E-state index contributed by atoms with van der Waals surface area (Å²) in [6, 6.07) is 18.0. The molecule has 0 radical (unpaired) electrons. The van der Waals surface area contributed by atoms with Crippen molar-refractivity contribution < 1.29 is 9.53 Å². The number of amides is 1. The molecule has 0 saturated carbocycles. The maximum atomic E-state index is 12.2. The molecule has 1 aromatic heterocycles. The first-order chi connectivity index (χ1) is 13.6. The largest absolute Gasteiger partial charge is 0.486 e. The molecule has 0 saturated heterocycles. The number of nitrogens with zero attached hydrogens (tertiary/aromatic N) is 2. The van der Waals surface area contributed by atoms with Crippen LogP contribution in [0.15, 0.2) is 60.0 Å². The lowest BCUT2D eigenvalue weighted by atomic mass is 10.2. The molecule has 28 heavy (non-hydrogen) atoms. The lowest BCUT2D eigenvalue weighted by Crippen LogP contribution is -2.33. The molecular formula is C22H25N3O2S. The minimum atomic E-state index is -0.0160. The maximum absolute atomic E-state index is 12.2. The van der Waals surface area contributed by atoms with E-state index in [0.717, 1.165) is 28.7 Å². The molecule has 0 aliphatic carbocycles. The van der Waals surface area contributed by atoms with Gasteiger partial charge in [0.1, 0.15) is 17.4 Å². The van der Waals surface area contributed by atoms with Gasteiger partial charge in [-0.25, -0.2) is 4.98 Å². The number of aromatic nitrogens is 1. The average molecular weight is 396 g/mol. The van der Waals surface area contributed by atoms with Gasteiger partial charge in [-0.05, 0) is 31.2 Å². The van der Waals surface area contributed by atoms with Crippen molar-refractivity contribution in [1.29, 1.82) is 0 Å². The minimum Gasteiger partial charge on any atom is -0.486 e. The van der Waals surface area contributed by atoms with E-state index in [4.69, 9.17) is 4.74 Å². The number of thiazole rings is 1. The van der Waals surface area contributed by atoms with E-state index in [1.807, 2.05) is 61.8 Å². The van der Waals surface area contributed by atoms with E-state index in [2.05, 4.69) is 27.3 Å². The summed E-state index contributed by atoms with van der Waals surface area (Å²) in [7, 11) is 2.02. The van der Waals surface area contributed by atoms with E-state index in [1.165, 1.54) is 16.9 Å². The van der Waals surface area contributed by atoms with Gasteiger partial charge in [0.05, 0.1) is 12.1 Å². The van der Waals surface area contributed by atoms with Gasteiger partial charge >= 0.3 is 0 Å². The second-order valence-corrected chi connectivity index (χ2v) is 7.56. The number of carbonyl (C=O) groups is 1. The Hall–Kier alpha value is -2.86. The van der Waals surface area contributed by atoms with Gasteiger partial charge in [0.25, 0.3) is 0 Å². The number of rotatable bonds is 9. The first-order valence-electron chi connectivity index (χ1n) is 9.26. The predicted octanol–water partition coefficient (Wildman–Crippen LogP) is 3.83. The summed E-state index contributed by atoms with van der Waals surface area (Å²) in [4.78, 5) is 18.8. The van der Waals surface area contributed by atoms with Crippen LogP contribution in [0.3, 0.4) is 0 Å². The molecule has 0 atom stereocenters. The second kappa shape index (κ2) is 9.90. The Balaban J connectivity index is 1.39. The Morgan fingerprint density at radius 3 is 2.64 bits per heavy atom. The number of carbonyl (C=O) groups excluding carboxylic acids is 1. The Kier molecular flexibility index (Phi) is 7.03. The number of ether oxygens (including phenoxy) is 1. The van der Waals surface area contributed by atoms with Crippen LogP contribution in [0.1, 0.15) is 16.3 Å². The molecule has 1 N–H and O–H groups in total. The third-order valence-electron chi connectivity index (χ3n) is 4.29. The molecule has 1 amide bonds. The van der Waals surface area contributed by atoms with Gasteiger partial charge in [0, 0.05) is 31.2 Å². The topological polar surface area (TPSA) is 54.5 Å². The first kappa shape index (κ1) is 19.9. The molecule has 0 aliphatic rings. The fourth-order valence-electron chi connectivity index (χ4n) is 2.68. The zero-order valence-electron chi connectivity index (χ0n) is 16.2. The standard InChI is InChI=1S/C22H25N3O2S/c1-17-8-10-20(11-9-17)27-15-22-24-18(16-28-22)14-21(26)23-12-13-25(2)19-6-4-3-5-7-19/h3-11,16H,12-15H2,1-2H3,(H,23,26). The minimum absolute atomic E-state index is 0.0160. The van der Waals surface area contributed by atoms with Gasteiger partial charge in [0.15, 0.2) is 0 Å². The normalized spacial score (nSPS) is 10.5. The van der Waals surface area contributed by atoms with Gasteiger partial charge in [-0.15, -0.1) is 11.3 Å². The quantitative estimate of drug-likeness (QED) is 0.598. The molecule has 5 nitrogen and oxygen atoms in total. The van der Waals surface area contributed by atoms with Crippen LogP contribution in [0.5, 0.6) is 5.75 Å². The predicted molar refractivity (Wildman–Crippen MR) is 114 cm³/mol. The van der Waals surface area contributed by atoms with Crippen molar-refractivity contribution in [3.05, 3.63) is 76.2 Å². The number of benzene rings is 2. The number of para-hydroxylation sites is 1. The van der Waals surface area contributed by atoms with E-state index in [9.17, 15) is 4.79 Å². The van der Waals surface area contributed by atoms with Gasteiger partial charge in [0.2, 0.25) is 5.91 Å². The van der Waals surface area contributed by atoms with Crippen LogP contribution < -0.4 is 15.0 Å². The first-order valence-corrected chi connectivity index (χ1v) is 10.1. The fourth-order valence-corrected chi connectivity index (χ4v) is 3.38. The fraction of sp³-hybridized carbons (Fsp3) is 0.273. The summed E-state index contributed by atoms with van der Waals surface area (Å²) >= 11 is 1.52. The van der Waals surface area contributed by atoms with Crippen molar-refractivity contribution in [2.75, 3.05) is 25.0 Å². The second-order valence-electron chi connectivity index (χ2n) is 6.62. The third kappa shape index (κ3) is 6.09. The molecule has 3 rings (SSSR count). The van der Waals surface area contributed by atoms with E-state index >= 15 is 0 Å². The van der Waals surface area contributed by atoms with Crippen LogP contribution in [0.2, 0.25) is 0 Å². The number of nitrogens with one attached hydrogen (secondary N) is 1. The Bertz CT molecular complexity index is 878. The van der Waals surface area contributed by atoms with Crippen molar-refractivity contribution >= 4 is 22.9 Å². The molecular weight excluding hydrogens is 370 g/mol. The summed E-state index contributed by atoms with van der Waals surface area (Å²) < 4.78 is 5.74. The maximum Gasteiger partial charge on any atom is 0.226 e. The molecule has 0 fully saturated rings. The van der Waals surface area contributed by atoms with Crippen molar-refractivity contribution in [1.82, 2.24) is 10.3 Å². The Morgan fingerprint density at radius 2 is 1.89 bits per heavy atom. The van der Waals surface area contributed by atoms with E-state index in [-0.39, 0.29) is 12.3 Å². The van der Waals surface area contributed by atoms with Gasteiger partial charge in [-0.1, -0.05) is 35.9 Å². The van der Waals surface area contributed by atoms with Crippen LogP contribution in [-0.2, 0) is 17.8 Å². The van der Waals surface area contributed by atoms with Crippen LogP contribution in [0, 0.1) is 6.92 Å². The molecule has 0 bridgehead atoms. The lowest BCUT2D eigenvalue weighted by Gasteiger charge is -2.19. The summed E-state index contributed by atoms with van der Waals surface area (Å²) in [5.74, 6) is 0.806. The van der Waals surface area contributed by atoms with E-state index in [0.29, 0.717) is 13.2 Å².